The summed E-state index contributed by atoms with van der Waals surface area (Å²) in [5.41, 5.74) is 3.83. The van der Waals surface area contributed by atoms with Crippen molar-refractivity contribution in [2.24, 2.45) is 0 Å². The molecule has 0 bridgehead atoms. The highest BCUT2D eigenvalue weighted by Gasteiger charge is 2.16. The van der Waals surface area contributed by atoms with Gasteiger partial charge in [-0.05, 0) is 52.9 Å². The number of amides is 1. The van der Waals surface area contributed by atoms with E-state index >= 15 is 0 Å². The molecule has 0 aliphatic carbocycles. The number of hydrogen-bond donors (Lipinski definition) is 1. The number of pyridine rings is 1. The van der Waals surface area contributed by atoms with Crippen molar-refractivity contribution in [3.05, 3.63) is 83.1 Å². The maximum atomic E-state index is 12.9. The monoisotopic (exact) mass is 377 g/mol. The first-order valence-electron chi connectivity index (χ1n) is 8.61. The topological polar surface area (TPSA) is 56.1 Å². The molecule has 0 aliphatic rings. The molecule has 3 heterocycles. The minimum absolute atomic E-state index is 0.0851. The van der Waals surface area contributed by atoms with Crippen molar-refractivity contribution < 1.29 is 9.53 Å². The van der Waals surface area contributed by atoms with Crippen LogP contribution in [0.3, 0.4) is 0 Å². The predicted octanol–water partition coefficient (Wildman–Crippen LogP) is 4.08. The van der Waals surface area contributed by atoms with Crippen LogP contribution in [0.5, 0.6) is 5.75 Å². The molecular weight excluding hydrogens is 358 g/mol. The number of nitrogens with one attached hydrogen (secondary N) is 1. The number of fused-ring (bicyclic) bond motifs is 1. The second-order valence-corrected chi connectivity index (χ2v) is 7.12. The van der Waals surface area contributed by atoms with Crippen molar-refractivity contribution in [2.45, 2.75) is 13.1 Å². The molecule has 0 unspecified atom stereocenters. The van der Waals surface area contributed by atoms with E-state index in [4.69, 9.17) is 4.74 Å². The molecule has 0 radical (unpaired) electrons. The van der Waals surface area contributed by atoms with Gasteiger partial charge in [0.1, 0.15) is 11.4 Å². The molecule has 3 aromatic heterocycles. The maximum Gasteiger partial charge on any atom is 0.268 e. The number of rotatable bonds is 6. The molecule has 0 aliphatic heterocycles. The number of hydrogen-bond acceptors (Lipinski definition) is 4. The Balaban J connectivity index is 1.61. The molecule has 0 fully saturated rings. The average Bonchev–Trinajstić information content (AvgIpc) is 3.30. The molecule has 0 spiro atoms. The van der Waals surface area contributed by atoms with Crippen LogP contribution in [0.2, 0.25) is 0 Å². The zero-order valence-electron chi connectivity index (χ0n) is 14.9. The zero-order chi connectivity index (χ0) is 18.6. The van der Waals surface area contributed by atoms with E-state index in [1.165, 1.54) is 0 Å². The molecular formula is C21H19N3O2S. The van der Waals surface area contributed by atoms with Gasteiger partial charge in [0.2, 0.25) is 0 Å². The Bertz CT molecular complexity index is 1070. The molecule has 6 heteroatoms. The molecule has 1 N–H and O–H groups in total. The lowest BCUT2D eigenvalue weighted by Gasteiger charge is -2.12. The Labute approximate surface area is 161 Å². The fourth-order valence-corrected chi connectivity index (χ4v) is 3.88. The van der Waals surface area contributed by atoms with Crippen LogP contribution >= 0.6 is 11.3 Å². The van der Waals surface area contributed by atoms with Crippen LogP contribution in [0.15, 0.2) is 66.3 Å². The third-order valence-electron chi connectivity index (χ3n) is 4.43. The van der Waals surface area contributed by atoms with Gasteiger partial charge >= 0.3 is 0 Å². The van der Waals surface area contributed by atoms with E-state index in [9.17, 15) is 4.79 Å². The summed E-state index contributed by atoms with van der Waals surface area (Å²) in [6.45, 7) is 1.08. The lowest BCUT2D eigenvalue weighted by Crippen LogP contribution is -2.25. The van der Waals surface area contributed by atoms with Crippen LogP contribution in [-0.4, -0.2) is 22.6 Å². The van der Waals surface area contributed by atoms with Crippen molar-refractivity contribution in [3.8, 4) is 5.75 Å². The smallest absolute Gasteiger partial charge is 0.268 e. The van der Waals surface area contributed by atoms with Gasteiger partial charge in [0.05, 0.1) is 17.3 Å². The lowest BCUT2D eigenvalue weighted by molar-refractivity contribution is 0.0942. The molecule has 0 saturated heterocycles. The van der Waals surface area contributed by atoms with Crippen LogP contribution < -0.4 is 10.1 Å². The molecule has 0 atom stereocenters. The van der Waals surface area contributed by atoms with Crippen molar-refractivity contribution in [1.82, 2.24) is 14.9 Å². The molecule has 4 aromatic rings. The fourth-order valence-electron chi connectivity index (χ4n) is 3.06. The highest BCUT2D eigenvalue weighted by atomic mass is 32.1. The molecule has 0 saturated carbocycles. The molecule has 1 aromatic carbocycles. The number of thiophene rings is 1. The molecule has 136 valence electrons. The van der Waals surface area contributed by atoms with Gasteiger partial charge in [-0.1, -0.05) is 12.1 Å². The van der Waals surface area contributed by atoms with Gasteiger partial charge in [-0.3, -0.25) is 9.78 Å². The van der Waals surface area contributed by atoms with Gasteiger partial charge in [0, 0.05) is 25.5 Å². The summed E-state index contributed by atoms with van der Waals surface area (Å²) in [7, 11) is 1.66. The second-order valence-electron chi connectivity index (χ2n) is 6.18. The first kappa shape index (κ1) is 17.3. The average molecular weight is 377 g/mol. The van der Waals surface area contributed by atoms with Gasteiger partial charge in [0.15, 0.2) is 0 Å². The second kappa shape index (κ2) is 7.63. The van der Waals surface area contributed by atoms with E-state index < -0.39 is 0 Å². The quantitative estimate of drug-likeness (QED) is 0.551. The van der Waals surface area contributed by atoms with Gasteiger partial charge < -0.3 is 14.6 Å². The zero-order valence-corrected chi connectivity index (χ0v) is 15.7. The number of carbonyl (C=O) groups is 1. The molecule has 1 amide bonds. The fraction of sp³-hybridized carbons (Fsp3) is 0.143. The lowest BCUT2D eigenvalue weighted by atomic mass is 10.2. The number of benzene rings is 1. The summed E-state index contributed by atoms with van der Waals surface area (Å²) in [5.74, 6) is 0.725. The third-order valence-corrected chi connectivity index (χ3v) is 5.29. The number of carbonyl (C=O) groups excluding carboxylic acids is 1. The molecule has 5 nitrogen and oxygen atoms in total. The largest absolute Gasteiger partial charge is 0.497 e. The van der Waals surface area contributed by atoms with Crippen molar-refractivity contribution in [1.29, 1.82) is 0 Å². The van der Waals surface area contributed by atoms with Crippen molar-refractivity contribution in [3.63, 3.8) is 0 Å². The number of ether oxygens (including phenoxy) is 1. The predicted molar refractivity (Wildman–Crippen MR) is 107 cm³/mol. The summed E-state index contributed by atoms with van der Waals surface area (Å²) in [6, 6.07) is 15.7. The number of aromatic nitrogens is 2. The van der Waals surface area contributed by atoms with Crippen LogP contribution in [0.25, 0.3) is 10.2 Å². The first-order chi connectivity index (χ1) is 13.2. The normalized spacial score (nSPS) is 10.9. The van der Waals surface area contributed by atoms with Crippen LogP contribution in [0.1, 0.15) is 21.6 Å². The summed E-state index contributed by atoms with van der Waals surface area (Å²) < 4.78 is 8.48. The van der Waals surface area contributed by atoms with Gasteiger partial charge in [-0.25, -0.2) is 0 Å². The third kappa shape index (κ3) is 3.71. The number of methoxy groups -OCH3 is 1. The summed E-state index contributed by atoms with van der Waals surface area (Å²) in [6.07, 6.45) is 3.45. The SMILES string of the molecule is COc1cccc(Cn2c(C(=O)NCc3ccncc3)cc3sccc32)c1. The summed E-state index contributed by atoms with van der Waals surface area (Å²) in [5, 5.41) is 5.05. The Hall–Kier alpha value is -3.12. The van der Waals surface area contributed by atoms with Crippen LogP contribution in [0.4, 0.5) is 0 Å². The van der Waals surface area contributed by atoms with E-state index in [1.807, 2.05) is 47.8 Å². The highest BCUT2D eigenvalue weighted by molar-refractivity contribution is 7.17. The Morgan fingerprint density at radius 2 is 2.00 bits per heavy atom. The van der Waals surface area contributed by atoms with E-state index in [0.717, 1.165) is 27.1 Å². The molecule has 27 heavy (non-hydrogen) atoms. The number of nitrogens with zero attached hydrogens (tertiary/aromatic N) is 2. The molecule has 4 rings (SSSR count). The minimum atomic E-state index is -0.0851. The van der Waals surface area contributed by atoms with E-state index in [2.05, 4.69) is 20.9 Å². The van der Waals surface area contributed by atoms with Gasteiger partial charge in [-0.2, -0.15) is 0 Å². The maximum absolute atomic E-state index is 12.9. The van der Waals surface area contributed by atoms with Crippen molar-refractivity contribution >= 4 is 27.5 Å². The van der Waals surface area contributed by atoms with E-state index in [0.29, 0.717) is 18.8 Å². The summed E-state index contributed by atoms with van der Waals surface area (Å²) >= 11 is 1.64. The Kier molecular flexibility index (Phi) is 4.89. The summed E-state index contributed by atoms with van der Waals surface area (Å²) in [4.78, 5) is 16.9. The standard InChI is InChI=1S/C21H19N3O2S/c1-26-17-4-2-3-16(11-17)14-24-18-7-10-27-20(18)12-19(24)21(25)23-13-15-5-8-22-9-6-15/h2-12H,13-14H2,1H3,(H,23,25). The Morgan fingerprint density at radius 3 is 2.81 bits per heavy atom. The van der Waals surface area contributed by atoms with Gasteiger partial charge in [0.25, 0.3) is 5.91 Å². The van der Waals surface area contributed by atoms with Crippen LogP contribution in [-0.2, 0) is 13.1 Å². The minimum Gasteiger partial charge on any atom is -0.497 e. The van der Waals surface area contributed by atoms with E-state index in [-0.39, 0.29) is 5.91 Å². The highest BCUT2D eigenvalue weighted by Crippen LogP contribution is 2.27. The van der Waals surface area contributed by atoms with E-state index in [1.54, 1.807) is 30.8 Å². The van der Waals surface area contributed by atoms with Crippen LogP contribution in [0, 0.1) is 0 Å². The first-order valence-corrected chi connectivity index (χ1v) is 9.49. The Morgan fingerprint density at radius 1 is 1.15 bits per heavy atom. The van der Waals surface area contributed by atoms with Gasteiger partial charge in [-0.15, -0.1) is 11.3 Å². The van der Waals surface area contributed by atoms with Crippen molar-refractivity contribution in [2.75, 3.05) is 7.11 Å².